The van der Waals surface area contributed by atoms with E-state index in [9.17, 15) is 9.59 Å². The summed E-state index contributed by atoms with van der Waals surface area (Å²) in [5.41, 5.74) is 4.86. The lowest BCUT2D eigenvalue weighted by Gasteiger charge is -2.22. The van der Waals surface area contributed by atoms with Gasteiger partial charge in [-0.1, -0.05) is 24.3 Å². The number of fused-ring (bicyclic) bond motifs is 3. The molecule has 0 saturated carbocycles. The fraction of sp³-hybridized carbons (Fsp3) is 0.130. The lowest BCUT2D eigenvalue weighted by Crippen LogP contribution is -2.33. The quantitative estimate of drug-likeness (QED) is 0.471. The Kier molecular flexibility index (Phi) is 4.52. The molecule has 148 valence electrons. The predicted molar refractivity (Wildman–Crippen MR) is 117 cm³/mol. The molecule has 0 bridgehead atoms. The summed E-state index contributed by atoms with van der Waals surface area (Å²) in [4.78, 5) is 32.9. The van der Waals surface area contributed by atoms with Crippen molar-refractivity contribution >= 4 is 29.2 Å². The monoisotopic (exact) mass is 414 g/mol. The Morgan fingerprint density at radius 1 is 1.13 bits per heavy atom. The van der Waals surface area contributed by atoms with Gasteiger partial charge in [0.15, 0.2) is 6.29 Å². The highest BCUT2D eigenvalue weighted by atomic mass is 32.1. The zero-order valence-corrected chi connectivity index (χ0v) is 17.1. The second-order valence-electron chi connectivity index (χ2n) is 7.09. The van der Waals surface area contributed by atoms with Crippen LogP contribution in [0.15, 0.2) is 60.8 Å². The van der Waals surface area contributed by atoms with Crippen LogP contribution in [0.4, 0.5) is 5.69 Å². The van der Waals surface area contributed by atoms with Crippen LogP contribution in [0.3, 0.4) is 0 Å². The molecule has 1 aliphatic heterocycles. The topological polar surface area (TPSA) is 68.1 Å². The molecular formula is C23H18N4O2S. The molecule has 1 aromatic carbocycles. The molecule has 4 heterocycles. The molecule has 0 N–H and O–H groups in total. The second kappa shape index (κ2) is 7.35. The molecule has 0 atom stereocenters. The molecule has 5 rings (SSSR count). The van der Waals surface area contributed by atoms with Crippen molar-refractivity contribution < 1.29 is 9.59 Å². The number of para-hydroxylation sites is 1. The SMILES string of the molecule is Cn1nccc1-c1cccc(C(=O)N2CCc3cc(C=O)sc3-c3ccccc32)n1. The summed E-state index contributed by atoms with van der Waals surface area (Å²) in [6.07, 6.45) is 3.28. The Morgan fingerprint density at radius 2 is 2.00 bits per heavy atom. The van der Waals surface area contributed by atoms with Crippen LogP contribution in [0.1, 0.15) is 25.7 Å². The summed E-state index contributed by atoms with van der Waals surface area (Å²) in [7, 11) is 1.85. The van der Waals surface area contributed by atoms with E-state index in [1.165, 1.54) is 11.3 Å². The standard InChI is InChI=1S/C23H18N4O2S/c1-26-21(9-11-24-26)18-6-4-7-19(25-18)23(29)27-12-10-15-13-16(14-28)30-22(15)17-5-2-3-8-20(17)27/h2-9,11,13-14H,10,12H2,1H3. The maximum atomic E-state index is 13.5. The van der Waals surface area contributed by atoms with E-state index in [4.69, 9.17) is 0 Å². The van der Waals surface area contributed by atoms with Crippen LogP contribution >= 0.6 is 11.3 Å². The fourth-order valence-corrected chi connectivity index (χ4v) is 4.91. The third kappa shape index (κ3) is 3.04. The van der Waals surface area contributed by atoms with Crippen molar-refractivity contribution in [2.75, 3.05) is 11.4 Å². The van der Waals surface area contributed by atoms with Crippen LogP contribution in [0.25, 0.3) is 21.8 Å². The summed E-state index contributed by atoms with van der Waals surface area (Å²) in [5.74, 6) is -0.141. The normalized spacial score (nSPS) is 12.8. The number of thiophene rings is 1. The third-order valence-corrected chi connectivity index (χ3v) is 6.42. The van der Waals surface area contributed by atoms with E-state index < -0.39 is 0 Å². The van der Waals surface area contributed by atoms with Crippen LogP contribution < -0.4 is 4.90 Å². The number of aromatic nitrogens is 3. The largest absolute Gasteiger partial charge is 0.306 e. The Labute approximate surface area is 177 Å². The van der Waals surface area contributed by atoms with Crippen molar-refractivity contribution in [2.45, 2.75) is 6.42 Å². The number of carbonyl (C=O) groups excluding carboxylic acids is 2. The van der Waals surface area contributed by atoms with Gasteiger partial charge in [0.1, 0.15) is 5.69 Å². The van der Waals surface area contributed by atoms with E-state index in [0.29, 0.717) is 29.2 Å². The van der Waals surface area contributed by atoms with Gasteiger partial charge in [-0.25, -0.2) is 4.98 Å². The molecule has 0 unspecified atom stereocenters. The first-order valence-electron chi connectivity index (χ1n) is 9.60. The Hall–Kier alpha value is -3.58. The zero-order valence-electron chi connectivity index (χ0n) is 16.3. The molecule has 1 amide bonds. The van der Waals surface area contributed by atoms with Gasteiger partial charge in [0.05, 0.1) is 22.0 Å². The molecule has 0 fully saturated rings. The number of amides is 1. The average molecular weight is 414 g/mol. The van der Waals surface area contributed by atoms with E-state index in [0.717, 1.165) is 33.7 Å². The number of hydrogen-bond acceptors (Lipinski definition) is 5. The van der Waals surface area contributed by atoms with E-state index >= 15 is 0 Å². The number of hydrogen-bond donors (Lipinski definition) is 0. The molecule has 30 heavy (non-hydrogen) atoms. The number of rotatable bonds is 3. The van der Waals surface area contributed by atoms with E-state index in [1.807, 2.05) is 55.6 Å². The molecule has 7 heteroatoms. The molecule has 3 aromatic heterocycles. The number of aryl methyl sites for hydroxylation is 1. The number of aldehydes is 1. The predicted octanol–water partition coefficient (Wildman–Crippen LogP) is 4.23. The van der Waals surface area contributed by atoms with Crippen LogP contribution in [-0.4, -0.2) is 33.5 Å². The van der Waals surface area contributed by atoms with Crippen molar-refractivity contribution in [1.29, 1.82) is 0 Å². The first-order valence-corrected chi connectivity index (χ1v) is 10.4. The highest BCUT2D eigenvalue weighted by Gasteiger charge is 2.27. The van der Waals surface area contributed by atoms with Crippen molar-refractivity contribution in [1.82, 2.24) is 14.8 Å². The number of nitrogens with zero attached hydrogens (tertiary/aromatic N) is 4. The highest BCUT2D eigenvalue weighted by Crippen LogP contribution is 2.41. The first kappa shape index (κ1) is 18.4. The molecule has 1 aliphatic rings. The molecular weight excluding hydrogens is 396 g/mol. The van der Waals surface area contributed by atoms with Crippen molar-refractivity contribution in [3.63, 3.8) is 0 Å². The summed E-state index contributed by atoms with van der Waals surface area (Å²) in [5, 5.41) is 4.19. The van der Waals surface area contributed by atoms with Crippen molar-refractivity contribution in [3.05, 3.63) is 76.9 Å². The molecule has 0 saturated heterocycles. The molecule has 0 aliphatic carbocycles. The van der Waals surface area contributed by atoms with Crippen molar-refractivity contribution in [3.8, 4) is 21.8 Å². The molecule has 0 spiro atoms. The number of pyridine rings is 1. The minimum absolute atomic E-state index is 0.141. The number of carbonyl (C=O) groups is 2. The average Bonchev–Trinajstić information content (AvgIpc) is 3.36. The van der Waals surface area contributed by atoms with Gasteiger partial charge in [-0.3, -0.25) is 14.3 Å². The van der Waals surface area contributed by atoms with Gasteiger partial charge in [0, 0.05) is 30.2 Å². The van der Waals surface area contributed by atoms with Crippen LogP contribution in [0, 0.1) is 0 Å². The highest BCUT2D eigenvalue weighted by molar-refractivity contribution is 7.17. The molecule has 6 nitrogen and oxygen atoms in total. The van der Waals surface area contributed by atoms with Gasteiger partial charge in [0.25, 0.3) is 5.91 Å². The van der Waals surface area contributed by atoms with E-state index in [1.54, 1.807) is 21.8 Å². The molecule has 0 radical (unpaired) electrons. The first-order chi connectivity index (χ1) is 14.7. The van der Waals surface area contributed by atoms with Crippen molar-refractivity contribution in [2.24, 2.45) is 7.05 Å². The molecule has 4 aromatic rings. The number of benzene rings is 1. The zero-order chi connectivity index (χ0) is 20.7. The lowest BCUT2D eigenvalue weighted by atomic mass is 10.1. The fourth-order valence-electron chi connectivity index (χ4n) is 3.85. The minimum atomic E-state index is -0.141. The minimum Gasteiger partial charge on any atom is -0.306 e. The van der Waals surface area contributed by atoms with Crippen LogP contribution in [0.5, 0.6) is 0 Å². The van der Waals surface area contributed by atoms with Gasteiger partial charge in [-0.05, 0) is 42.3 Å². The maximum absolute atomic E-state index is 13.5. The van der Waals surface area contributed by atoms with Gasteiger partial charge in [0.2, 0.25) is 0 Å². The Morgan fingerprint density at radius 3 is 2.80 bits per heavy atom. The van der Waals surface area contributed by atoms with Gasteiger partial charge in [-0.15, -0.1) is 11.3 Å². The smallest absolute Gasteiger partial charge is 0.276 e. The lowest BCUT2D eigenvalue weighted by molar-refractivity contribution is 0.0982. The third-order valence-electron chi connectivity index (χ3n) is 5.29. The van der Waals surface area contributed by atoms with Gasteiger partial charge >= 0.3 is 0 Å². The van der Waals surface area contributed by atoms with Crippen LogP contribution in [-0.2, 0) is 13.5 Å². The maximum Gasteiger partial charge on any atom is 0.276 e. The van der Waals surface area contributed by atoms with Gasteiger partial charge < -0.3 is 4.90 Å². The van der Waals surface area contributed by atoms with E-state index in [-0.39, 0.29) is 5.91 Å². The summed E-state index contributed by atoms with van der Waals surface area (Å²) in [6, 6.07) is 17.1. The van der Waals surface area contributed by atoms with Crippen LogP contribution in [0.2, 0.25) is 0 Å². The van der Waals surface area contributed by atoms with Gasteiger partial charge in [-0.2, -0.15) is 5.10 Å². The number of anilines is 1. The Bertz CT molecular complexity index is 1270. The summed E-state index contributed by atoms with van der Waals surface area (Å²) in [6.45, 7) is 0.523. The Balaban J connectivity index is 1.56. The van der Waals surface area contributed by atoms with E-state index in [2.05, 4.69) is 10.1 Å². The summed E-state index contributed by atoms with van der Waals surface area (Å²) < 4.78 is 1.74. The second-order valence-corrected chi connectivity index (χ2v) is 8.18. The summed E-state index contributed by atoms with van der Waals surface area (Å²) >= 11 is 1.47.